The molecule has 0 spiro atoms. The summed E-state index contributed by atoms with van der Waals surface area (Å²) < 4.78 is 33.0. The number of aliphatic carboxylic acids is 1. The molecule has 0 saturated carbocycles. The monoisotopic (exact) mass is 379 g/mol. The molecular formula is C13H18BrNO5S. The van der Waals surface area contributed by atoms with Crippen molar-refractivity contribution in [3.05, 3.63) is 22.7 Å². The molecule has 1 aromatic rings. The summed E-state index contributed by atoms with van der Waals surface area (Å²) in [6.07, 6.45) is -0.0979. The van der Waals surface area contributed by atoms with Crippen molar-refractivity contribution in [1.82, 2.24) is 4.72 Å². The van der Waals surface area contributed by atoms with Crippen LogP contribution in [0.1, 0.15) is 20.3 Å². The van der Waals surface area contributed by atoms with Crippen molar-refractivity contribution in [3.63, 3.8) is 0 Å². The molecule has 1 aromatic carbocycles. The Morgan fingerprint density at radius 2 is 2.14 bits per heavy atom. The first-order chi connectivity index (χ1) is 9.76. The molecule has 2 N–H and O–H groups in total. The van der Waals surface area contributed by atoms with Gasteiger partial charge >= 0.3 is 5.97 Å². The van der Waals surface area contributed by atoms with Crippen molar-refractivity contribution in [2.45, 2.75) is 25.2 Å². The van der Waals surface area contributed by atoms with E-state index >= 15 is 0 Å². The fraction of sp³-hybridized carbons (Fsp3) is 0.462. The van der Waals surface area contributed by atoms with Gasteiger partial charge in [-0.25, -0.2) is 13.1 Å². The van der Waals surface area contributed by atoms with Crippen LogP contribution < -0.4 is 9.46 Å². The first kappa shape index (κ1) is 17.9. The number of hydrogen-bond acceptors (Lipinski definition) is 4. The van der Waals surface area contributed by atoms with Crippen LogP contribution in [0.3, 0.4) is 0 Å². The molecule has 0 heterocycles. The van der Waals surface area contributed by atoms with Crippen LogP contribution in [0.4, 0.5) is 0 Å². The number of carboxylic acids is 1. The molecule has 0 aliphatic rings. The van der Waals surface area contributed by atoms with Gasteiger partial charge in [0.25, 0.3) is 0 Å². The third kappa shape index (κ3) is 5.64. The number of rotatable bonds is 8. The number of halogens is 1. The molecule has 0 radical (unpaired) electrons. The molecular weight excluding hydrogens is 362 g/mol. The number of ether oxygens (including phenoxy) is 1. The van der Waals surface area contributed by atoms with E-state index in [1.165, 1.54) is 6.07 Å². The first-order valence-corrected chi connectivity index (χ1v) is 8.67. The van der Waals surface area contributed by atoms with Crippen molar-refractivity contribution >= 4 is 31.9 Å². The largest absolute Gasteiger partial charge is 0.492 e. The summed E-state index contributed by atoms with van der Waals surface area (Å²) in [7, 11) is -3.76. The molecule has 1 atom stereocenters. The van der Waals surface area contributed by atoms with Gasteiger partial charge < -0.3 is 9.84 Å². The first-order valence-electron chi connectivity index (χ1n) is 6.40. The Kier molecular flexibility index (Phi) is 6.63. The van der Waals surface area contributed by atoms with Crippen LogP contribution in [0.2, 0.25) is 0 Å². The van der Waals surface area contributed by atoms with Crippen LogP contribution in [0.5, 0.6) is 5.75 Å². The molecule has 1 rings (SSSR count). The second-order valence-electron chi connectivity index (χ2n) is 4.58. The van der Waals surface area contributed by atoms with Crippen molar-refractivity contribution in [2.24, 2.45) is 5.92 Å². The van der Waals surface area contributed by atoms with Gasteiger partial charge in [0.15, 0.2) is 0 Å². The van der Waals surface area contributed by atoms with Gasteiger partial charge in [-0.3, -0.25) is 4.79 Å². The van der Waals surface area contributed by atoms with Crippen LogP contribution in [0.25, 0.3) is 0 Å². The van der Waals surface area contributed by atoms with Crippen molar-refractivity contribution in [2.75, 3.05) is 13.2 Å². The Hall–Kier alpha value is -1.12. The van der Waals surface area contributed by atoms with Crippen LogP contribution in [0, 0.1) is 5.92 Å². The maximum absolute atomic E-state index is 12.3. The molecule has 0 aromatic heterocycles. The minimum absolute atomic E-state index is 0.0289. The molecule has 0 aliphatic heterocycles. The molecule has 8 heteroatoms. The molecule has 0 saturated heterocycles. The third-order valence-corrected chi connectivity index (χ3v) is 4.58. The minimum atomic E-state index is -3.76. The molecule has 6 nitrogen and oxygen atoms in total. The quantitative estimate of drug-likeness (QED) is 0.722. The van der Waals surface area contributed by atoms with Gasteiger partial charge in [0.2, 0.25) is 10.0 Å². The maximum Gasteiger partial charge on any atom is 0.303 e. The highest BCUT2D eigenvalue weighted by Gasteiger charge is 2.21. The average molecular weight is 380 g/mol. The Balaban J connectivity index is 2.92. The van der Waals surface area contributed by atoms with Crippen molar-refractivity contribution in [3.8, 4) is 5.75 Å². The van der Waals surface area contributed by atoms with Crippen LogP contribution in [0.15, 0.2) is 27.6 Å². The van der Waals surface area contributed by atoms with E-state index in [-0.39, 0.29) is 29.5 Å². The van der Waals surface area contributed by atoms with Gasteiger partial charge in [-0.1, -0.05) is 22.9 Å². The van der Waals surface area contributed by atoms with Gasteiger partial charge in [0, 0.05) is 17.4 Å². The second-order valence-corrected chi connectivity index (χ2v) is 7.23. The zero-order valence-corrected chi connectivity index (χ0v) is 14.2. The van der Waals surface area contributed by atoms with E-state index in [1.807, 2.05) is 0 Å². The molecule has 0 fully saturated rings. The summed E-state index contributed by atoms with van der Waals surface area (Å²) in [5, 5.41) is 8.68. The highest BCUT2D eigenvalue weighted by Crippen LogP contribution is 2.27. The van der Waals surface area contributed by atoms with Gasteiger partial charge in [-0.2, -0.15) is 0 Å². The van der Waals surface area contributed by atoms with E-state index in [9.17, 15) is 13.2 Å². The third-order valence-electron chi connectivity index (χ3n) is 2.64. The molecule has 0 aliphatic carbocycles. The summed E-state index contributed by atoms with van der Waals surface area (Å²) in [4.78, 5) is 10.6. The standard InChI is InChI=1S/C13H18BrNO5S/c1-3-20-11-5-4-10(14)7-12(11)21(18,19)15-8-9(2)6-13(16)17/h4-5,7,9,15H,3,6,8H2,1-2H3,(H,16,17). The lowest BCUT2D eigenvalue weighted by atomic mass is 10.1. The second kappa shape index (κ2) is 7.77. The fourth-order valence-electron chi connectivity index (χ4n) is 1.67. The lowest BCUT2D eigenvalue weighted by Crippen LogP contribution is -2.29. The van der Waals surface area contributed by atoms with E-state index in [0.29, 0.717) is 11.1 Å². The topological polar surface area (TPSA) is 92.7 Å². The molecule has 1 unspecified atom stereocenters. The number of sulfonamides is 1. The summed E-state index contributed by atoms with van der Waals surface area (Å²) >= 11 is 3.23. The predicted octanol–water partition coefficient (Wildman–Crippen LogP) is 2.24. The highest BCUT2D eigenvalue weighted by molar-refractivity contribution is 9.10. The highest BCUT2D eigenvalue weighted by atomic mass is 79.9. The van der Waals surface area contributed by atoms with E-state index in [0.717, 1.165) is 0 Å². The van der Waals surface area contributed by atoms with Crippen molar-refractivity contribution in [1.29, 1.82) is 0 Å². The average Bonchev–Trinajstić information content (AvgIpc) is 2.38. The molecule has 0 bridgehead atoms. The van der Waals surface area contributed by atoms with Gasteiger partial charge in [0.05, 0.1) is 6.61 Å². The predicted molar refractivity (Wildman–Crippen MR) is 81.9 cm³/mol. The zero-order valence-electron chi connectivity index (χ0n) is 11.8. The van der Waals surface area contributed by atoms with Crippen LogP contribution in [-0.4, -0.2) is 32.6 Å². The Morgan fingerprint density at radius 1 is 1.48 bits per heavy atom. The number of carbonyl (C=O) groups is 1. The summed E-state index contributed by atoms with van der Waals surface area (Å²) in [5.41, 5.74) is 0. The SMILES string of the molecule is CCOc1ccc(Br)cc1S(=O)(=O)NCC(C)CC(=O)O. The Bertz CT molecular complexity index is 603. The number of carboxylic acid groups (broad SMARTS) is 1. The van der Waals surface area contributed by atoms with E-state index in [1.54, 1.807) is 26.0 Å². The molecule has 0 amide bonds. The van der Waals surface area contributed by atoms with E-state index in [4.69, 9.17) is 9.84 Å². The van der Waals surface area contributed by atoms with Crippen molar-refractivity contribution < 1.29 is 23.1 Å². The lowest BCUT2D eigenvalue weighted by Gasteiger charge is -2.14. The number of nitrogens with one attached hydrogen (secondary N) is 1. The summed E-state index contributed by atoms with van der Waals surface area (Å²) in [5.74, 6) is -1.00. The normalized spacial score (nSPS) is 12.9. The lowest BCUT2D eigenvalue weighted by molar-refractivity contribution is -0.137. The zero-order chi connectivity index (χ0) is 16.0. The van der Waals surface area contributed by atoms with Crippen LogP contribution >= 0.6 is 15.9 Å². The van der Waals surface area contributed by atoms with Crippen LogP contribution in [-0.2, 0) is 14.8 Å². The van der Waals surface area contributed by atoms with E-state index in [2.05, 4.69) is 20.7 Å². The molecule has 21 heavy (non-hydrogen) atoms. The Labute approximate surface area is 132 Å². The van der Waals surface area contributed by atoms with Gasteiger partial charge in [-0.05, 0) is 31.0 Å². The Morgan fingerprint density at radius 3 is 2.71 bits per heavy atom. The molecule has 118 valence electrons. The van der Waals surface area contributed by atoms with E-state index < -0.39 is 16.0 Å². The van der Waals surface area contributed by atoms with Gasteiger partial charge in [0.1, 0.15) is 10.6 Å². The maximum atomic E-state index is 12.3. The fourth-order valence-corrected chi connectivity index (χ4v) is 3.51. The number of hydrogen-bond donors (Lipinski definition) is 2. The number of benzene rings is 1. The smallest absolute Gasteiger partial charge is 0.303 e. The van der Waals surface area contributed by atoms with Gasteiger partial charge in [-0.15, -0.1) is 0 Å². The summed E-state index contributed by atoms with van der Waals surface area (Å²) in [6.45, 7) is 3.83. The summed E-state index contributed by atoms with van der Waals surface area (Å²) in [6, 6.07) is 4.72. The minimum Gasteiger partial charge on any atom is -0.492 e.